The lowest BCUT2D eigenvalue weighted by atomic mass is 10.1. The quantitative estimate of drug-likeness (QED) is 0.437. The molecule has 1 saturated carbocycles. The number of benzene rings is 2. The van der Waals surface area contributed by atoms with Crippen LogP contribution in [0.3, 0.4) is 0 Å². The molecule has 1 fully saturated rings. The molecule has 0 radical (unpaired) electrons. The van der Waals surface area contributed by atoms with E-state index in [1.165, 1.54) is 12.0 Å². The van der Waals surface area contributed by atoms with Crippen molar-refractivity contribution in [1.82, 2.24) is 0 Å². The molecule has 3 N–H and O–H groups in total. The van der Waals surface area contributed by atoms with E-state index in [-0.39, 0.29) is 24.0 Å². The van der Waals surface area contributed by atoms with E-state index in [1.807, 2.05) is 24.3 Å². The summed E-state index contributed by atoms with van der Waals surface area (Å²) in [5.74, 6) is 2.48. The maximum atomic E-state index is 5.96. The maximum Gasteiger partial charge on any atom is 0.193 e. The van der Waals surface area contributed by atoms with Crippen LogP contribution in [-0.4, -0.2) is 19.6 Å². The van der Waals surface area contributed by atoms with Gasteiger partial charge in [0.1, 0.15) is 5.75 Å². The molecule has 5 heteroatoms. The Labute approximate surface area is 154 Å². The predicted octanol–water partition coefficient (Wildman–Crippen LogP) is 3.84. The Morgan fingerprint density at radius 3 is 2.74 bits per heavy atom. The highest BCUT2D eigenvalue weighted by Crippen LogP contribution is 2.47. The van der Waals surface area contributed by atoms with E-state index >= 15 is 0 Å². The Balaban J connectivity index is 0.00000192. The molecule has 0 aromatic heterocycles. The van der Waals surface area contributed by atoms with Crippen LogP contribution in [0.2, 0.25) is 0 Å². The Kier molecular flexibility index (Phi) is 6.27. The molecule has 2 aromatic rings. The number of guanidine groups is 1. The van der Waals surface area contributed by atoms with Gasteiger partial charge >= 0.3 is 0 Å². The molecule has 2 atom stereocenters. The second-order valence-corrected chi connectivity index (χ2v) is 5.60. The molecule has 0 saturated heterocycles. The summed E-state index contributed by atoms with van der Waals surface area (Å²) in [6, 6.07) is 18.3. The van der Waals surface area contributed by atoms with Gasteiger partial charge in [-0.3, -0.25) is 4.99 Å². The van der Waals surface area contributed by atoms with Crippen molar-refractivity contribution in [2.24, 2.45) is 16.6 Å². The van der Waals surface area contributed by atoms with Crippen LogP contribution in [-0.2, 0) is 0 Å². The molecule has 122 valence electrons. The summed E-state index contributed by atoms with van der Waals surface area (Å²) >= 11 is 0. The van der Waals surface area contributed by atoms with Gasteiger partial charge in [-0.25, -0.2) is 0 Å². The normalized spacial score (nSPS) is 19.6. The molecule has 2 aromatic carbocycles. The number of nitrogens with one attached hydrogen (secondary N) is 1. The average Bonchev–Trinajstić information content (AvgIpc) is 3.34. The highest BCUT2D eigenvalue weighted by Gasteiger charge is 2.37. The summed E-state index contributed by atoms with van der Waals surface area (Å²) in [6.45, 7) is 0.766. The Bertz CT molecular complexity index is 660. The lowest BCUT2D eigenvalue weighted by molar-refractivity contribution is 0.415. The number of anilines is 1. The molecule has 4 nitrogen and oxygen atoms in total. The van der Waals surface area contributed by atoms with Crippen LogP contribution in [0.4, 0.5) is 5.69 Å². The smallest absolute Gasteiger partial charge is 0.193 e. The summed E-state index contributed by atoms with van der Waals surface area (Å²) in [6.07, 6.45) is 1.19. The minimum absolute atomic E-state index is 0. The number of hydrogen-bond donors (Lipinski definition) is 2. The third-order valence-corrected chi connectivity index (χ3v) is 3.99. The van der Waals surface area contributed by atoms with Gasteiger partial charge in [0.2, 0.25) is 0 Å². The number of ether oxygens (including phenoxy) is 1. The van der Waals surface area contributed by atoms with Gasteiger partial charge in [-0.1, -0.05) is 36.4 Å². The van der Waals surface area contributed by atoms with Crippen LogP contribution in [0.15, 0.2) is 59.6 Å². The van der Waals surface area contributed by atoms with E-state index < -0.39 is 0 Å². The minimum Gasteiger partial charge on any atom is -0.497 e. The Morgan fingerprint density at radius 2 is 2.00 bits per heavy atom. The van der Waals surface area contributed by atoms with E-state index in [1.54, 1.807) is 7.11 Å². The predicted molar refractivity (Wildman–Crippen MR) is 106 cm³/mol. The maximum absolute atomic E-state index is 5.96. The van der Waals surface area contributed by atoms with Crippen molar-refractivity contribution in [3.8, 4) is 5.75 Å². The van der Waals surface area contributed by atoms with Gasteiger partial charge in [-0.05, 0) is 36.0 Å². The van der Waals surface area contributed by atoms with E-state index in [0.717, 1.165) is 18.0 Å². The van der Waals surface area contributed by atoms with E-state index in [2.05, 4.69) is 40.6 Å². The topological polar surface area (TPSA) is 59.6 Å². The first-order valence-electron chi connectivity index (χ1n) is 7.52. The van der Waals surface area contributed by atoms with Gasteiger partial charge in [-0.2, -0.15) is 0 Å². The van der Waals surface area contributed by atoms with Crippen molar-refractivity contribution in [1.29, 1.82) is 0 Å². The van der Waals surface area contributed by atoms with Crippen LogP contribution in [0.5, 0.6) is 5.75 Å². The fraction of sp³-hybridized carbons (Fsp3) is 0.278. The van der Waals surface area contributed by atoms with Crippen molar-refractivity contribution >= 4 is 35.6 Å². The lowest BCUT2D eigenvalue weighted by Crippen LogP contribution is -2.23. The SMILES string of the molecule is COc1cccc(NC(N)=NCC2CC2c2ccccc2)c1.I. The van der Waals surface area contributed by atoms with Crippen molar-refractivity contribution in [3.63, 3.8) is 0 Å². The number of nitrogens with zero attached hydrogens (tertiary/aromatic N) is 1. The second kappa shape index (κ2) is 8.19. The van der Waals surface area contributed by atoms with Gasteiger partial charge in [-0.15, -0.1) is 24.0 Å². The third kappa shape index (κ3) is 4.86. The molecular weight excluding hydrogens is 401 g/mol. The number of methoxy groups -OCH3 is 1. The van der Waals surface area contributed by atoms with Crippen molar-refractivity contribution in [2.45, 2.75) is 12.3 Å². The number of aliphatic imine (C=N–C) groups is 1. The molecular formula is C18H22IN3O. The van der Waals surface area contributed by atoms with Crippen LogP contribution >= 0.6 is 24.0 Å². The molecule has 23 heavy (non-hydrogen) atoms. The molecule has 0 bridgehead atoms. The number of nitrogens with two attached hydrogens (primary N) is 1. The summed E-state index contributed by atoms with van der Waals surface area (Å²) in [7, 11) is 1.65. The van der Waals surface area contributed by atoms with Crippen LogP contribution in [0.25, 0.3) is 0 Å². The summed E-state index contributed by atoms with van der Waals surface area (Å²) < 4.78 is 5.19. The second-order valence-electron chi connectivity index (χ2n) is 5.60. The zero-order chi connectivity index (χ0) is 15.4. The molecule has 1 aliphatic carbocycles. The van der Waals surface area contributed by atoms with Crippen molar-refractivity contribution in [2.75, 3.05) is 19.0 Å². The number of rotatable bonds is 5. The van der Waals surface area contributed by atoms with E-state index in [0.29, 0.717) is 17.8 Å². The number of hydrogen-bond acceptors (Lipinski definition) is 2. The van der Waals surface area contributed by atoms with Crippen molar-refractivity contribution in [3.05, 3.63) is 60.2 Å². The van der Waals surface area contributed by atoms with Crippen LogP contribution in [0.1, 0.15) is 17.9 Å². The summed E-state index contributed by atoms with van der Waals surface area (Å²) in [5, 5.41) is 3.10. The first-order valence-corrected chi connectivity index (χ1v) is 7.52. The zero-order valence-corrected chi connectivity index (χ0v) is 15.4. The van der Waals surface area contributed by atoms with Gasteiger partial charge < -0.3 is 15.8 Å². The molecule has 0 heterocycles. The fourth-order valence-corrected chi connectivity index (χ4v) is 2.66. The summed E-state index contributed by atoms with van der Waals surface area (Å²) in [5.41, 5.74) is 8.25. The molecule has 0 amide bonds. The van der Waals surface area contributed by atoms with Gasteiger partial charge in [0.05, 0.1) is 7.11 Å². The van der Waals surface area contributed by atoms with Gasteiger partial charge in [0.25, 0.3) is 0 Å². The standard InChI is InChI=1S/C18H21N3O.HI/c1-22-16-9-5-8-15(11-16)21-18(19)20-12-14-10-17(14)13-6-3-2-4-7-13;/h2-9,11,14,17H,10,12H2,1H3,(H3,19,20,21);1H. The molecule has 0 spiro atoms. The van der Waals surface area contributed by atoms with Crippen molar-refractivity contribution < 1.29 is 4.74 Å². The number of halogens is 1. The molecule has 0 aliphatic heterocycles. The fourth-order valence-electron chi connectivity index (χ4n) is 2.66. The average molecular weight is 423 g/mol. The molecule has 3 rings (SSSR count). The minimum atomic E-state index is 0. The van der Waals surface area contributed by atoms with Gasteiger partial charge in [0, 0.05) is 18.3 Å². The third-order valence-electron chi connectivity index (χ3n) is 3.99. The zero-order valence-electron chi connectivity index (χ0n) is 13.1. The highest BCUT2D eigenvalue weighted by atomic mass is 127. The van der Waals surface area contributed by atoms with E-state index in [9.17, 15) is 0 Å². The summed E-state index contributed by atoms with van der Waals surface area (Å²) in [4.78, 5) is 4.46. The van der Waals surface area contributed by atoms with Crippen LogP contribution in [0, 0.1) is 5.92 Å². The first-order chi connectivity index (χ1) is 10.8. The Morgan fingerprint density at radius 1 is 1.22 bits per heavy atom. The Hall–Kier alpha value is -1.76. The van der Waals surface area contributed by atoms with Gasteiger partial charge in [0.15, 0.2) is 5.96 Å². The largest absolute Gasteiger partial charge is 0.497 e. The first kappa shape index (κ1) is 17.6. The van der Waals surface area contributed by atoms with E-state index in [4.69, 9.17) is 10.5 Å². The van der Waals surface area contributed by atoms with Crippen LogP contribution < -0.4 is 15.8 Å². The monoisotopic (exact) mass is 423 g/mol. The molecule has 1 aliphatic rings. The molecule has 2 unspecified atom stereocenters. The lowest BCUT2D eigenvalue weighted by Gasteiger charge is -2.07. The highest BCUT2D eigenvalue weighted by molar-refractivity contribution is 14.0.